The van der Waals surface area contributed by atoms with E-state index >= 15 is 0 Å². The molecule has 0 radical (unpaired) electrons. The van der Waals surface area contributed by atoms with Crippen LogP contribution in [0.3, 0.4) is 0 Å². The quantitative estimate of drug-likeness (QED) is 0.513. The maximum atomic E-state index is 11.4. The Labute approximate surface area is 149 Å². The zero-order chi connectivity index (χ0) is 17.9. The molecule has 4 rings (SSSR count). The summed E-state index contributed by atoms with van der Waals surface area (Å²) in [4.78, 5) is 17.4. The molecule has 0 bridgehead atoms. The minimum absolute atomic E-state index is 0.141. The first-order valence-corrected chi connectivity index (χ1v) is 8.29. The zero-order valence-corrected chi connectivity index (χ0v) is 14.0. The molecule has 0 saturated carbocycles. The van der Waals surface area contributed by atoms with Gasteiger partial charge in [-0.1, -0.05) is 30.3 Å². The molecule has 0 amide bonds. The highest BCUT2D eigenvalue weighted by molar-refractivity contribution is 5.80. The summed E-state index contributed by atoms with van der Waals surface area (Å²) in [6, 6.07) is 12.9. The van der Waals surface area contributed by atoms with Gasteiger partial charge < -0.3 is 18.8 Å². The molecule has 2 heterocycles. The number of anilines is 1. The fourth-order valence-corrected chi connectivity index (χ4v) is 2.82. The summed E-state index contributed by atoms with van der Waals surface area (Å²) >= 11 is 0. The predicted octanol–water partition coefficient (Wildman–Crippen LogP) is 3.15. The second-order valence-electron chi connectivity index (χ2n) is 5.91. The van der Waals surface area contributed by atoms with Crippen LogP contribution in [-0.2, 0) is 11.3 Å². The van der Waals surface area contributed by atoms with Crippen LogP contribution in [0, 0.1) is 10.1 Å². The van der Waals surface area contributed by atoms with Gasteiger partial charge in [0.25, 0.3) is 6.01 Å². The van der Waals surface area contributed by atoms with Crippen molar-refractivity contribution < 1.29 is 18.8 Å². The maximum Gasteiger partial charge on any atom is 0.314 e. The van der Waals surface area contributed by atoms with Gasteiger partial charge in [-0.3, -0.25) is 10.1 Å². The lowest BCUT2D eigenvalue weighted by atomic mass is 10.2. The monoisotopic (exact) mass is 355 g/mol. The van der Waals surface area contributed by atoms with Gasteiger partial charge in [-0.05, 0) is 5.56 Å². The number of hydrogen-bond acceptors (Lipinski definition) is 7. The smallest absolute Gasteiger partial charge is 0.314 e. The van der Waals surface area contributed by atoms with E-state index in [2.05, 4.69) is 4.98 Å². The molecule has 0 aliphatic carbocycles. The molecule has 0 N–H and O–H groups in total. The maximum absolute atomic E-state index is 11.4. The molecule has 134 valence electrons. The van der Waals surface area contributed by atoms with Crippen LogP contribution in [0.4, 0.5) is 11.7 Å². The summed E-state index contributed by atoms with van der Waals surface area (Å²) in [6.07, 6.45) is 0. The van der Waals surface area contributed by atoms with Crippen molar-refractivity contribution in [3.63, 3.8) is 0 Å². The summed E-state index contributed by atoms with van der Waals surface area (Å²) < 4.78 is 16.7. The fraction of sp³-hybridized carbons (Fsp3) is 0.278. The highest BCUT2D eigenvalue weighted by atomic mass is 16.6. The first-order chi connectivity index (χ1) is 12.7. The average Bonchev–Trinajstić information content (AvgIpc) is 3.10. The molecule has 1 fully saturated rings. The van der Waals surface area contributed by atoms with Crippen molar-refractivity contribution in [1.29, 1.82) is 0 Å². The van der Waals surface area contributed by atoms with Gasteiger partial charge in [0.2, 0.25) is 0 Å². The van der Waals surface area contributed by atoms with E-state index in [9.17, 15) is 10.1 Å². The van der Waals surface area contributed by atoms with Gasteiger partial charge in [0.1, 0.15) is 12.1 Å². The topological polar surface area (TPSA) is 90.9 Å². The van der Waals surface area contributed by atoms with Crippen LogP contribution >= 0.6 is 0 Å². The average molecular weight is 355 g/mol. The lowest BCUT2D eigenvalue weighted by Gasteiger charge is -2.24. The molecule has 26 heavy (non-hydrogen) atoms. The second-order valence-corrected chi connectivity index (χ2v) is 5.91. The van der Waals surface area contributed by atoms with Crippen molar-refractivity contribution in [2.24, 2.45) is 0 Å². The first-order valence-electron chi connectivity index (χ1n) is 8.29. The van der Waals surface area contributed by atoms with Crippen molar-refractivity contribution >= 4 is 22.8 Å². The van der Waals surface area contributed by atoms with E-state index in [0.29, 0.717) is 43.4 Å². The zero-order valence-electron chi connectivity index (χ0n) is 14.0. The Hall–Kier alpha value is -3.13. The molecule has 0 atom stereocenters. The molecule has 1 aliphatic heterocycles. The third kappa shape index (κ3) is 3.31. The van der Waals surface area contributed by atoms with Crippen LogP contribution in [0.1, 0.15) is 5.56 Å². The van der Waals surface area contributed by atoms with Crippen molar-refractivity contribution in [3.8, 4) is 5.75 Å². The minimum atomic E-state index is -0.476. The Morgan fingerprint density at radius 1 is 1.19 bits per heavy atom. The standard InChI is InChI=1S/C18H17N3O5/c22-21(23)15-11-16-14(19-18(26-16)20-6-8-24-9-7-20)10-17(15)25-12-13-4-2-1-3-5-13/h1-5,10-11H,6-9,12H2. The minimum Gasteiger partial charge on any atom is -0.482 e. The molecule has 8 heteroatoms. The number of oxazole rings is 1. The molecule has 1 aliphatic rings. The normalized spacial score (nSPS) is 14.5. The van der Waals surface area contributed by atoms with E-state index in [4.69, 9.17) is 13.9 Å². The number of benzene rings is 2. The lowest BCUT2D eigenvalue weighted by molar-refractivity contribution is -0.385. The number of ether oxygens (including phenoxy) is 2. The number of nitrogens with zero attached hydrogens (tertiary/aromatic N) is 3. The Bertz CT molecular complexity index is 919. The van der Waals surface area contributed by atoms with Crippen LogP contribution in [0.15, 0.2) is 46.9 Å². The highest BCUT2D eigenvalue weighted by Crippen LogP contribution is 2.34. The van der Waals surface area contributed by atoms with Crippen LogP contribution in [0.2, 0.25) is 0 Å². The van der Waals surface area contributed by atoms with Crippen LogP contribution < -0.4 is 9.64 Å². The predicted molar refractivity (Wildman–Crippen MR) is 94.5 cm³/mol. The molecule has 3 aromatic rings. The number of nitro benzene ring substituents is 1. The van der Waals surface area contributed by atoms with E-state index in [1.165, 1.54) is 6.07 Å². The Morgan fingerprint density at radius 3 is 2.69 bits per heavy atom. The van der Waals surface area contributed by atoms with E-state index in [1.54, 1.807) is 6.07 Å². The van der Waals surface area contributed by atoms with E-state index in [-0.39, 0.29) is 18.0 Å². The molecule has 8 nitrogen and oxygen atoms in total. The SMILES string of the molecule is O=[N+]([O-])c1cc2oc(N3CCOCC3)nc2cc1OCc1ccccc1. The van der Waals surface area contributed by atoms with Gasteiger partial charge in [0.05, 0.1) is 24.2 Å². The van der Waals surface area contributed by atoms with E-state index < -0.39 is 4.92 Å². The van der Waals surface area contributed by atoms with Gasteiger partial charge in [-0.15, -0.1) is 0 Å². The van der Waals surface area contributed by atoms with Crippen LogP contribution in [0.25, 0.3) is 11.1 Å². The summed E-state index contributed by atoms with van der Waals surface area (Å²) in [5.41, 5.74) is 1.68. The first kappa shape index (κ1) is 16.3. The van der Waals surface area contributed by atoms with E-state index in [1.807, 2.05) is 35.2 Å². The second kappa shape index (κ2) is 7.01. The van der Waals surface area contributed by atoms with Gasteiger partial charge in [-0.25, -0.2) is 0 Å². The number of morpholine rings is 1. The van der Waals surface area contributed by atoms with Crippen LogP contribution in [-0.4, -0.2) is 36.2 Å². The third-order valence-electron chi connectivity index (χ3n) is 4.17. The molecule has 1 saturated heterocycles. The van der Waals surface area contributed by atoms with Gasteiger partial charge in [0, 0.05) is 19.2 Å². The van der Waals surface area contributed by atoms with Crippen molar-refractivity contribution in [2.75, 3.05) is 31.2 Å². The Balaban J connectivity index is 1.64. The highest BCUT2D eigenvalue weighted by Gasteiger charge is 2.22. The number of fused-ring (bicyclic) bond motifs is 1. The number of aromatic nitrogens is 1. The van der Waals surface area contributed by atoms with Crippen molar-refractivity contribution in [1.82, 2.24) is 4.98 Å². The molecule has 2 aromatic carbocycles. The number of nitro groups is 1. The van der Waals surface area contributed by atoms with Crippen molar-refractivity contribution in [2.45, 2.75) is 6.61 Å². The summed E-state index contributed by atoms with van der Waals surface area (Å²) in [7, 11) is 0. The van der Waals surface area contributed by atoms with Gasteiger partial charge >= 0.3 is 5.69 Å². The van der Waals surface area contributed by atoms with Crippen molar-refractivity contribution in [3.05, 3.63) is 58.1 Å². The summed E-state index contributed by atoms with van der Waals surface area (Å²) in [5, 5.41) is 11.4. The largest absolute Gasteiger partial charge is 0.482 e. The summed E-state index contributed by atoms with van der Waals surface area (Å²) in [5.74, 6) is 0.174. The Kier molecular flexibility index (Phi) is 4.40. The lowest BCUT2D eigenvalue weighted by Crippen LogP contribution is -2.36. The van der Waals surface area contributed by atoms with Crippen LogP contribution in [0.5, 0.6) is 5.75 Å². The summed E-state index contributed by atoms with van der Waals surface area (Å²) in [6.45, 7) is 2.79. The number of hydrogen-bond donors (Lipinski definition) is 0. The van der Waals surface area contributed by atoms with E-state index in [0.717, 1.165) is 5.56 Å². The van der Waals surface area contributed by atoms with Gasteiger partial charge in [-0.2, -0.15) is 4.98 Å². The van der Waals surface area contributed by atoms with Gasteiger partial charge in [0.15, 0.2) is 11.3 Å². The number of rotatable bonds is 5. The fourth-order valence-electron chi connectivity index (χ4n) is 2.82. The molecular formula is C18H17N3O5. The molecule has 0 spiro atoms. The molecule has 1 aromatic heterocycles. The molecular weight excluding hydrogens is 338 g/mol. The molecule has 0 unspecified atom stereocenters. The Morgan fingerprint density at radius 2 is 1.96 bits per heavy atom. The third-order valence-corrected chi connectivity index (χ3v) is 4.17.